The molecular formula is C18H14ClNO4S. The first-order valence-electron chi connectivity index (χ1n) is 7.29. The van der Waals surface area contributed by atoms with Crippen LogP contribution in [0.15, 0.2) is 47.4 Å². The molecule has 128 valence electrons. The number of amides is 2. The molecule has 0 radical (unpaired) electrons. The number of carbonyl (C=O) groups excluding carboxylic acids is 2. The Balaban J connectivity index is 1.95. The zero-order valence-electron chi connectivity index (χ0n) is 13.5. The topological polar surface area (TPSA) is 55.8 Å². The zero-order chi connectivity index (χ0) is 18.0. The molecule has 0 aromatic heterocycles. The van der Waals surface area contributed by atoms with Crippen LogP contribution < -0.4 is 14.4 Å². The fourth-order valence-corrected chi connectivity index (χ4v) is 3.32. The Bertz CT molecular complexity index is 864. The van der Waals surface area contributed by atoms with E-state index in [0.29, 0.717) is 27.1 Å². The van der Waals surface area contributed by atoms with E-state index < -0.39 is 5.91 Å². The maximum absolute atomic E-state index is 12.7. The summed E-state index contributed by atoms with van der Waals surface area (Å²) in [4.78, 5) is 26.5. The summed E-state index contributed by atoms with van der Waals surface area (Å²) >= 11 is 6.75. The summed E-state index contributed by atoms with van der Waals surface area (Å²) < 4.78 is 10.4. The minimum Gasteiger partial charge on any atom is -0.497 e. The van der Waals surface area contributed by atoms with Gasteiger partial charge in [-0.05, 0) is 47.7 Å². The van der Waals surface area contributed by atoms with Gasteiger partial charge in [0.2, 0.25) is 0 Å². The van der Waals surface area contributed by atoms with E-state index in [1.54, 1.807) is 48.5 Å². The number of ether oxygens (including phenoxy) is 2. The third-order valence-corrected chi connectivity index (χ3v) is 4.71. The van der Waals surface area contributed by atoms with Crippen LogP contribution in [0.2, 0.25) is 5.02 Å². The van der Waals surface area contributed by atoms with Gasteiger partial charge in [0.05, 0.1) is 24.8 Å². The minimum atomic E-state index is -0.395. The maximum Gasteiger partial charge on any atom is 0.298 e. The van der Waals surface area contributed by atoms with Gasteiger partial charge in [0.25, 0.3) is 11.1 Å². The van der Waals surface area contributed by atoms with E-state index in [-0.39, 0.29) is 5.24 Å². The van der Waals surface area contributed by atoms with Crippen molar-refractivity contribution in [3.05, 3.63) is 58.0 Å². The van der Waals surface area contributed by atoms with Crippen molar-refractivity contribution < 1.29 is 19.1 Å². The van der Waals surface area contributed by atoms with Crippen molar-refractivity contribution in [2.75, 3.05) is 19.1 Å². The van der Waals surface area contributed by atoms with Gasteiger partial charge in [-0.3, -0.25) is 9.59 Å². The lowest BCUT2D eigenvalue weighted by Crippen LogP contribution is -2.28. The number of halogens is 1. The molecule has 1 heterocycles. The van der Waals surface area contributed by atoms with Gasteiger partial charge in [0.1, 0.15) is 11.5 Å². The molecule has 2 amide bonds. The third kappa shape index (κ3) is 3.50. The fourth-order valence-electron chi connectivity index (χ4n) is 2.36. The van der Waals surface area contributed by atoms with E-state index in [2.05, 4.69) is 0 Å². The number of hydrogen-bond acceptors (Lipinski definition) is 5. The number of benzene rings is 2. The Morgan fingerprint density at radius 3 is 2.40 bits per heavy atom. The highest BCUT2D eigenvalue weighted by Crippen LogP contribution is 2.41. The Morgan fingerprint density at radius 1 is 1.04 bits per heavy atom. The molecule has 1 aliphatic heterocycles. The normalized spacial score (nSPS) is 15.8. The lowest BCUT2D eigenvalue weighted by molar-refractivity contribution is -0.113. The molecule has 0 N–H and O–H groups in total. The summed E-state index contributed by atoms with van der Waals surface area (Å²) in [5.74, 6) is 0.562. The van der Waals surface area contributed by atoms with Gasteiger partial charge >= 0.3 is 0 Å². The van der Waals surface area contributed by atoms with Crippen LogP contribution in [0.4, 0.5) is 10.5 Å². The summed E-state index contributed by atoms with van der Waals surface area (Å²) in [5, 5.41) is 0.224. The first-order chi connectivity index (χ1) is 12.0. The SMILES string of the molecule is COc1ccc(N2C(=O)S/C(=C\c3ccc(Cl)cc3)C2=O)c(OC)c1. The van der Waals surface area contributed by atoms with Crippen molar-refractivity contribution in [1.29, 1.82) is 0 Å². The zero-order valence-corrected chi connectivity index (χ0v) is 15.1. The van der Waals surface area contributed by atoms with E-state index in [1.165, 1.54) is 14.2 Å². The molecule has 2 aromatic carbocycles. The van der Waals surface area contributed by atoms with E-state index in [9.17, 15) is 9.59 Å². The van der Waals surface area contributed by atoms with E-state index in [0.717, 1.165) is 22.2 Å². The molecule has 0 unspecified atom stereocenters. The first kappa shape index (κ1) is 17.4. The lowest BCUT2D eigenvalue weighted by atomic mass is 10.2. The van der Waals surface area contributed by atoms with Crippen molar-refractivity contribution in [1.82, 2.24) is 0 Å². The monoisotopic (exact) mass is 375 g/mol. The second kappa shape index (κ2) is 7.21. The van der Waals surface area contributed by atoms with Crippen LogP contribution in [-0.2, 0) is 4.79 Å². The highest BCUT2D eigenvalue weighted by Gasteiger charge is 2.37. The van der Waals surface area contributed by atoms with Crippen molar-refractivity contribution in [3.63, 3.8) is 0 Å². The Labute approximate surface area is 154 Å². The number of methoxy groups -OCH3 is 2. The first-order valence-corrected chi connectivity index (χ1v) is 8.48. The van der Waals surface area contributed by atoms with Gasteiger partial charge in [-0.2, -0.15) is 0 Å². The van der Waals surface area contributed by atoms with Crippen LogP contribution in [0.3, 0.4) is 0 Å². The molecule has 3 rings (SSSR count). The molecule has 0 bridgehead atoms. The van der Waals surface area contributed by atoms with Crippen molar-refractivity contribution in [2.24, 2.45) is 0 Å². The summed E-state index contributed by atoms with van der Waals surface area (Å²) in [5.41, 5.74) is 1.17. The summed E-state index contributed by atoms with van der Waals surface area (Å²) in [6.07, 6.45) is 1.66. The number of thioether (sulfide) groups is 1. The highest BCUT2D eigenvalue weighted by atomic mass is 35.5. The van der Waals surface area contributed by atoms with Crippen LogP contribution in [0, 0.1) is 0 Å². The standard InChI is InChI=1S/C18H14ClNO4S/c1-23-13-7-8-14(15(10-13)24-2)20-17(21)16(25-18(20)22)9-11-3-5-12(19)6-4-11/h3-10H,1-2H3/b16-9-. The largest absolute Gasteiger partial charge is 0.497 e. The Kier molecular flexibility index (Phi) is 5.01. The predicted octanol–water partition coefficient (Wildman–Crippen LogP) is 4.60. The van der Waals surface area contributed by atoms with E-state index in [4.69, 9.17) is 21.1 Å². The van der Waals surface area contributed by atoms with Gasteiger partial charge < -0.3 is 9.47 Å². The van der Waals surface area contributed by atoms with Crippen LogP contribution >= 0.6 is 23.4 Å². The number of imide groups is 1. The smallest absolute Gasteiger partial charge is 0.298 e. The maximum atomic E-state index is 12.7. The Morgan fingerprint density at radius 2 is 1.76 bits per heavy atom. The molecule has 2 aromatic rings. The van der Waals surface area contributed by atoms with Gasteiger partial charge in [0.15, 0.2) is 0 Å². The molecular weight excluding hydrogens is 362 g/mol. The molecule has 0 spiro atoms. The van der Waals surface area contributed by atoms with E-state index in [1.807, 2.05) is 0 Å². The molecule has 1 fully saturated rings. The van der Waals surface area contributed by atoms with Gasteiger partial charge in [-0.1, -0.05) is 23.7 Å². The van der Waals surface area contributed by atoms with Crippen molar-refractivity contribution in [2.45, 2.75) is 0 Å². The molecule has 0 saturated carbocycles. The van der Waals surface area contributed by atoms with Crippen LogP contribution in [-0.4, -0.2) is 25.4 Å². The number of rotatable bonds is 4. The Hall–Kier alpha value is -2.44. The summed E-state index contributed by atoms with van der Waals surface area (Å²) in [7, 11) is 3.00. The second-order valence-electron chi connectivity index (χ2n) is 5.11. The third-order valence-electron chi connectivity index (χ3n) is 3.59. The number of anilines is 1. The quantitative estimate of drug-likeness (QED) is 0.731. The van der Waals surface area contributed by atoms with Gasteiger partial charge in [0, 0.05) is 11.1 Å². The average molecular weight is 376 g/mol. The minimum absolute atomic E-state index is 0.338. The lowest BCUT2D eigenvalue weighted by Gasteiger charge is -2.16. The molecule has 0 aliphatic carbocycles. The van der Waals surface area contributed by atoms with Crippen LogP contribution in [0.1, 0.15) is 5.56 Å². The highest BCUT2D eigenvalue weighted by molar-refractivity contribution is 8.19. The molecule has 1 saturated heterocycles. The molecule has 1 aliphatic rings. The van der Waals surface area contributed by atoms with Gasteiger partial charge in [-0.15, -0.1) is 0 Å². The van der Waals surface area contributed by atoms with Gasteiger partial charge in [-0.25, -0.2) is 4.90 Å². The average Bonchev–Trinajstić information content (AvgIpc) is 2.90. The predicted molar refractivity (Wildman–Crippen MR) is 99.4 cm³/mol. The number of carbonyl (C=O) groups is 2. The second-order valence-corrected chi connectivity index (χ2v) is 6.54. The molecule has 5 nitrogen and oxygen atoms in total. The molecule has 7 heteroatoms. The fraction of sp³-hybridized carbons (Fsp3) is 0.111. The molecule has 0 atom stereocenters. The number of hydrogen-bond donors (Lipinski definition) is 0. The summed E-state index contributed by atoms with van der Waals surface area (Å²) in [6, 6.07) is 11.9. The number of nitrogens with zero attached hydrogens (tertiary/aromatic N) is 1. The van der Waals surface area contributed by atoms with Crippen LogP contribution in [0.5, 0.6) is 11.5 Å². The molecule has 25 heavy (non-hydrogen) atoms. The summed E-state index contributed by atoms with van der Waals surface area (Å²) in [6.45, 7) is 0. The van der Waals surface area contributed by atoms with Crippen molar-refractivity contribution in [3.8, 4) is 11.5 Å². The van der Waals surface area contributed by atoms with Crippen LogP contribution in [0.25, 0.3) is 6.08 Å². The van der Waals surface area contributed by atoms with Crippen molar-refractivity contribution >= 4 is 46.3 Å². The van der Waals surface area contributed by atoms with E-state index >= 15 is 0 Å².